The molecule has 5 heteroatoms. The molecule has 2 saturated heterocycles. The number of rotatable bonds is 3. The molecule has 2 fully saturated rings. The second-order valence-electron chi connectivity index (χ2n) is 4.72. The summed E-state index contributed by atoms with van der Waals surface area (Å²) in [7, 11) is 0. The van der Waals surface area contributed by atoms with E-state index in [4.69, 9.17) is 9.47 Å². The molecule has 5 nitrogen and oxygen atoms in total. The van der Waals surface area contributed by atoms with Gasteiger partial charge in [0.05, 0.1) is 19.8 Å². The Morgan fingerprint density at radius 1 is 1.12 bits per heavy atom. The maximum absolute atomic E-state index is 5.71. The summed E-state index contributed by atoms with van der Waals surface area (Å²) >= 11 is 0. The average Bonchev–Trinajstić information content (AvgIpc) is 3.01. The molecular formula is C12H19N3O2. The van der Waals surface area contributed by atoms with E-state index in [0.29, 0.717) is 0 Å². The second-order valence-corrected chi connectivity index (χ2v) is 4.72. The molecule has 0 unspecified atom stereocenters. The zero-order chi connectivity index (χ0) is 11.6. The summed E-state index contributed by atoms with van der Waals surface area (Å²) in [5.41, 5.74) is 0. The summed E-state index contributed by atoms with van der Waals surface area (Å²) < 4.78 is 13.4. The molecule has 94 valence electrons. The molecule has 17 heavy (non-hydrogen) atoms. The fourth-order valence-corrected chi connectivity index (χ4v) is 2.58. The predicted molar refractivity (Wildman–Crippen MR) is 62.5 cm³/mol. The smallest absolute Gasteiger partial charge is 0.170 e. The van der Waals surface area contributed by atoms with Crippen LogP contribution in [-0.2, 0) is 16.0 Å². The normalized spacial score (nSPS) is 24.5. The van der Waals surface area contributed by atoms with Crippen molar-refractivity contribution in [3.63, 3.8) is 0 Å². The highest BCUT2D eigenvalue weighted by Gasteiger charge is 2.39. The molecule has 1 aromatic rings. The third kappa shape index (κ3) is 2.51. The molecule has 2 aliphatic heterocycles. The first-order valence-corrected chi connectivity index (χ1v) is 6.34. The zero-order valence-electron chi connectivity index (χ0n) is 10.0. The molecule has 1 spiro atoms. The molecule has 0 bridgehead atoms. The van der Waals surface area contributed by atoms with Gasteiger partial charge in [-0.2, -0.15) is 5.10 Å². The first-order chi connectivity index (χ1) is 8.36. The molecule has 3 rings (SSSR count). The van der Waals surface area contributed by atoms with E-state index in [1.165, 1.54) is 0 Å². The first kappa shape index (κ1) is 11.2. The van der Waals surface area contributed by atoms with Crippen molar-refractivity contribution in [2.75, 3.05) is 32.8 Å². The Morgan fingerprint density at radius 3 is 2.53 bits per heavy atom. The van der Waals surface area contributed by atoms with Crippen LogP contribution in [0.2, 0.25) is 0 Å². The van der Waals surface area contributed by atoms with Gasteiger partial charge in [0.15, 0.2) is 5.79 Å². The molecule has 0 radical (unpaired) electrons. The largest absolute Gasteiger partial charge is 0.347 e. The zero-order valence-corrected chi connectivity index (χ0v) is 10.0. The number of likely N-dealkylation sites (tertiary alicyclic amines) is 1. The van der Waals surface area contributed by atoms with Crippen LogP contribution in [0.15, 0.2) is 18.5 Å². The van der Waals surface area contributed by atoms with E-state index >= 15 is 0 Å². The van der Waals surface area contributed by atoms with E-state index in [0.717, 1.165) is 52.2 Å². The van der Waals surface area contributed by atoms with Crippen LogP contribution in [0.3, 0.4) is 0 Å². The molecule has 0 aromatic carbocycles. The minimum atomic E-state index is -0.248. The van der Waals surface area contributed by atoms with Gasteiger partial charge in [-0.15, -0.1) is 0 Å². The Balaban J connectivity index is 1.45. The minimum Gasteiger partial charge on any atom is -0.347 e. The van der Waals surface area contributed by atoms with Crippen molar-refractivity contribution in [3.05, 3.63) is 18.5 Å². The Bertz CT molecular complexity index is 337. The SMILES string of the molecule is c1cnn(CCN2CCC3(CC2)OCCO3)c1. The molecule has 0 amide bonds. The van der Waals surface area contributed by atoms with Gasteiger partial charge in [0.25, 0.3) is 0 Å². The maximum atomic E-state index is 5.71. The molecule has 3 heterocycles. The van der Waals surface area contributed by atoms with Crippen molar-refractivity contribution >= 4 is 0 Å². The lowest BCUT2D eigenvalue weighted by Gasteiger charge is -2.37. The fourth-order valence-electron chi connectivity index (χ4n) is 2.58. The second kappa shape index (κ2) is 4.76. The van der Waals surface area contributed by atoms with Gasteiger partial charge in [0.1, 0.15) is 0 Å². The topological polar surface area (TPSA) is 39.5 Å². The van der Waals surface area contributed by atoms with Crippen LogP contribution in [0.25, 0.3) is 0 Å². The van der Waals surface area contributed by atoms with E-state index in [9.17, 15) is 0 Å². The van der Waals surface area contributed by atoms with Crippen molar-refractivity contribution in [1.29, 1.82) is 0 Å². The average molecular weight is 237 g/mol. The molecular weight excluding hydrogens is 218 g/mol. The van der Waals surface area contributed by atoms with Gasteiger partial charge in [0, 0.05) is 44.9 Å². The highest BCUT2D eigenvalue weighted by Crippen LogP contribution is 2.30. The Morgan fingerprint density at radius 2 is 1.88 bits per heavy atom. The summed E-state index contributed by atoms with van der Waals surface area (Å²) in [6.45, 7) is 5.64. The van der Waals surface area contributed by atoms with Gasteiger partial charge >= 0.3 is 0 Å². The van der Waals surface area contributed by atoms with Gasteiger partial charge in [-0.05, 0) is 6.07 Å². The summed E-state index contributed by atoms with van der Waals surface area (Å²) in [6.07, 6.45) is 5.82. The summed E-state index contributed by atoms with van der Waals surface area (Å²) in [5, 5.41) is 4.21. The van der Waals surface area contributed by atoms with Crippen LogP contribution < -0.4 is 0 Å². The van der Waals surface area contributed by atoms with Crippen molar-refractivity contribution in [2.24, 2.45) is 0 Å². The van der Waals surface area contributed by atoms with Crippen molar-refractivity contribution in [2.45, 2.75) is 25.2 Å². The minimum absolute atomic E-state index is 0.248. The summed E-state index contributed by atoms with van der Waals surface area (Å²) in [5.74, 6) is -0.248. The maximum Gasteiger partial charge on any atom is 0.170 e. The van der Waals surface area contributed by atoms with Crippen LogP contribution in [0, 0.1) is 0 Å². The number of aromatic nitrogens is 2. The van der Waals surface area contributed by atoms with Gasteiger partial charge < -0.3 is 14.4 Å². The van der Waals surface area contributed by atoms with Crippen LogP contribution in [-0.4, -0.2) is 53.3 Å². The van der Waals surface area contributed by atoms with Crippen LogP contribution in [0.4, 0.5) is 0 Å². The number of hydrogen-bond acceptors (Lipinski definition) is 4. The monoisotopic (exact) mass is 237 g/mol. The van der Waals surface area contributed by atoms with Gasteiger partial charge in [0.2, 0.25) is 0 Å². The van der Waals surface area contributed by atoms with Crippen LogP contribution >= 0.6 is 0 Å². The quantitative estimate of drug-likeness (QED) is 0.776. The van der Waals surface area contributed by atoms with E-state index in [1.807, 2.05) is 23.1 Å². The van der Waals surface area contributed by atoms with Gasteiger partial charge in [-0.25, -0.2) is 0 Å². The van der Waals surface area contributed by atoms with Crippen LogP contribution in [0.5, 0.6) is 0 Å². The van der Waals surface area contributed by atoms with E-state index in [-0.39, 0.29) is 5.79 Å². The van der Waals surface area contributed by atoms with Crippen molar-refractivity contribution in [3.8, 4) is 0 Å². The Hall–Kier alpha value is -0.910. The number of nitrogens with zero attached hydrogens (tertiary/aromatic N) is 3. The molecule has 2 aliphatic rings. The number of ether oxygens (including phenoxy) is 2. The predicted octanol–water partition coefficient (Wildman–Crippen LogP) is 0.722. The lowest BCUT2D eigenvalue weighted by molar-refractivity contribution is -0.185. The molecule has 0 N–H and O–H groups in total. The van der Waals surface area contributed by atoms with E-state index < -0.39 is 0 Å². The van der Waals surface area contributed by atoms with Crippen LogP contribution in [0.1, 0.15) is 12.8 Å². The standard InChI is InChI=1S/C12H19N3O2/c1-4-13-15(5-1)9-8-14-6-2-12(3-7-14)16-10-11-17-12/h1,4-5H,2-3,6-11H2. The Labute approximate surface area is 101 Å². The number of hydrogen-bond donors (Lipinski definition) is 0. The number of piperidine rings is 1. The Kier molecular flexibility index (Phi) is 3.13. The third-order valence-electron chi connectivity index (χ3n) is 3.64. The molecule has 0 saturated carbocycles. The van der Waals surface area contributed by atoms with E-state index in [2.05, 4.69) is 10.00 Å². The van der Waals surface area contributed by atoms with E-state index in [1.54, 1.807) is 0 Å². The highest BCUT2D eigenvalue weighted by molar-refractivity contribution is 4.83. The molecule has 0 atom stereocenters. The van der Waals surface area contributed by atoms with Crippen molar-refractivity contribution < 1.29 is 9.47 Å². The molecule has 0 aliphatic carbocycles. The lowest BCUT2D eigenvalue weighted by Crippen LogP contribution is -2.45. The van der Waals surface area contributed by atoms with Crippen molar-refractivity contribution in [1.82, 2.24) is 14.7 Å². The first-order valence-electron chi connectivity index (χ1n) is 6.34. The lowest BCUT2D eigenvalue weighted by atomic mass is 10.0. The fraction of sp³-hybridized carbons (Fsp3) is 0.750. The highest BCUT2D eigenvalue weighted by atomic mass is 16.7. The summed E-state index contributed by atoms with van der Waals surface area (Å²) in [4.78, 5) is 2.46. The van der Waals surface area contributed by atoms with Gasteiger partial charge in [-0.3, -0.25) is 4.68 Å². The molecule has 1 aromatic heterocycles. The third-order valence-corrected chi connectivity index (χ3v) is 3.64. The summed E-state index contributed by atoms with van der Waals surface area (Å²) in [6, 6.07) is 1.96. The van der Waals surface area contributed by atoms with Gasteiger partial charge in [-0.1, -0.05) is 0 Å².